The van der Waals surface area contributed by atoms with Crippen LogP contribution in [-0.2, 0) is 10.8 Å². The van der Waals surface area contributed by atoms with Gasteiger partial charge in [0.25, 0.3) is 0 Å². The van der Waals surface area contributed by atoms with E-state index in [1.807, 2.05) is 0 Å². The fourth-order valence-electron chi connectivity index (χ4n) is 13.6. The lowest BCUT2D eigenvalue weighted by Crippen LogP contribution is -2.32. The first-order valence-electron chi connectivity index (χ1n) is 25.9. The molecule has 2 aliphatic carbocycles. The van der Waals surface area contributed by atoms with Gasteiger partial charge in [-0.2, -0.15) is 0 Å². The number of para-hydroxylation sites is 4. The van der Waals surface area contributed by atoms with Crippen molar-refractivity contribution < 1.29 is 9.47 Å². The van der Waals surface area contributed by atoms with Gasteiger partial charge in [-0.25, -0.2) is 0 Å². The minimum Gasteiger partial charge on any atom is -0.457 e. The van der Waals surface area contributed by atoms with E-state index in [4.69, 9.17) is 9.47 Å². The Bertz CT molecular complexity index is 4220. The Morgan fingerprint density at radius 2 is 0.640 bits per heavy atom. The average Bonchev–Trinajstić information content (AvgIpc) is 4.12. The smallest absolute Gasteiger partial charge is 0.132 e. The molecule has 0 fully saturated rings. The predicted molar refractivity (Wildman–Crippen MR) is 304 cm³/mol. The minimum atomic E-state index is -0.635. The molecule has 0 unspecified atom stereocenters. The van der Waals surface area contributed by atoms with E-state index < -0.39 is 10.8 Å². The monoisotopic (exact) mass is 955 g/mol. The van der Waals surface area contributed by atoms with Gasteiger partial charge in [-0.3, -0.25) is 0 Å². The van der Waals surface area contributed by atoms with Gasteiger partial charge in [-0.05, 0) is 127 Å². The highest BCUT2D eigenvalue weighted by Gasteiger charge is 2.53. The van der Waals surface area contributed by atoms with Crippen molar-refractivity contribution in [3.8, 4) is 67.5 Å². The molecule has 0 radical (unpaired) electrons. The first-order chi connectivity index (χ1) is 37.2. The maximum absolute atomic E-state index is 6.79. The number of rotatable bonds is 5. The molecule has 12 aromatic rings. The van der Waals surface area contributed by atoms with Crippen LogP contribution in [-0.4, -0.2) is 0 Å². The summed E-state index contributed by atoms with van der Waals surface area (Å²) in [5, 5.41) is 2.36. The van der Waals surface area contributed by atoms with Crippen LogP contribution < -0.4 is 14.4 Å². The molecule has 0 saturated carbocycles. The molecule has 16 rings (SSSR count). The summed E-state index contributed by atoms with van der Waals surface area (Å²) in [5.41, 5.74) is 21.2. The molecule has 0 bridgehead atoms. The lowest BCUT2D eigenvalue weighted by atomic mass is 9.65. The summed E-state index contributed by atoms with van der Waals surface area (Å²) in [7, 11) is 0. The summed E-state index contributed by atoms with van der Waals surface area (Å²) < 4.78 is 13.6. The number of benzene rings is 12. The largest absolute Gasteiger partial charge is 0.457 e. The van der Waals surface area contributed by atoms with Crippen LogP contribution in [0.2, 0.25) is 0 Å². The quantitative estimate of drug-likeness (QED) is 0.172. The standard InChI is InChI=1S/C72H45NO2/c1-2-18-46(19-3-1)47-34-36-48(37-35-47)49-38-40-50(41-39-49)73(51-42-43-54-52-20-6-8-24-58(52)71(64(54)44-51)60-26-10-14-30-66(60)74-67-31-15-11-27-61(67)71)65-45-57-53-21-7-9-25-59(53)72(70(57)56-23-5-4-22-55(56)65)62-28-12-16-32-68(62)75-69-33-17-13-29-63(69)72/h1-45H. The van der Waals surface area contributed by atoms with Crippen molar-refractivity contribution in [2.24, 2.45) is 0 Å². The molecule has 3 heteroatoms. The van der Waals surface area contributed by atoms with E-state index in [1.54, 1.807) is 0 Å². The van der Waals surface area contributed by atoms with E-state index in [9.17, 15) is 0 Å². The molecule has 2 spiro atoms. The molecule has 12 aromatic carbocycles. The summed E-state index contributed by atoms with van der Waals surface area (Å²) >= 11 is 0. The molecule has 4 aliphatic rings. The molecule has 0 N–H and O–H groups in total. The van der Waals surface area contributed by atoms with Crippen LogP contribution in [0.5, 0.6) is 23.0 Å². The Morgan fingerprint density at radius 3 is 1.20 bits per heavy atom. The summed E-state index contributed by atoms with van der Waals surface area (Å²) in [6, 6.07) is 100. The van der Waals surface area contributed by atoms with Crippen LogP contribution in [0.25, 0.3) is 55.3 Å². The third kappa shape index (κ3) is 5.75. The second-order valence-electron chi connectivity index (χ2n) is 20.2. The topological polar surface area (TPSA) is 21.7 Å². The minimum absolute atomic E-state index is 0.631. The van der Waals surface area contributed by atoms with Crippen LogP contribution in [0.1, 0.15) is 44.5 Å². The molecule has 0 atom stereocenters. The number of hydrogen-bond donors (Lipinski definition) is 0. The first-order valence-corrected chi connectivity index (χ1v) is 25.9. The van der Waals surface area contributed by atoms with Gasteiger partial charge in [0.15, 0.2) is 0 Å². The van der Waals surface area contributed by atoms with Gasteiger partial charge in [-0.1, -0.05) is 218 Å². The molecule has 75 heavy (non-hydrogen) atoms. The average molecular weight is 956 g/mol. The van der Waals surface area contributed by atoms with E-state index in [1.165, 1.54) is 66.6 Å². The highest BCUT2D eigenvalue weighted by atomic mass is 16.5. The maximum atomic E-state index is 6.79. The number of fused-ring (bicyclic) bond motifs is 20. The Balaban J connectivity index is 0.964. The van der Waals surface area contributed by atoms with E-state index in [-0.39, 0.29) is 0 Å². The molecule has 0 saturated heterocycles. The lowest BCUT2D eigenvalue weighted by Gasteiger charge is -2.40. The van der Waals surface area contributed by atoms with Gasteiger partial charge in [-0.15, -0.1) is 0 Å². The fourth-order valence-corrected chi connectivity index (χ4v) is 13.6. The zero-order valence-electron chi connectivity index (χ0n) is 40.7. The van der Waals surface area contributed by atoms with Crippen molar-refractivity contribution in [1.29, 1.82) is 0 Å². The fraction of sp³-hybridized carbons (Fsp3) is 0.0278. The lowest BCUT2D eigenvalue weighted by molar-refractivity contribution is 0.436. The van der Waals surface area contributed by atoms with Crippen LogP contribution in [0, 0.1) is 0 Å². The van der Waals surface area contributed by atoms with Gasteiger partial charge in [0.05, 0.1) is 16.5 Å². The zero-order chi connectivity index (χ0) is 49.2. The molecule has 3 nitrogen and oxygen atoms in total. The third-order valence-electron chi connectivity index (χ3n) is 16.6. The normalized spacial score (nSPS) is 14.0. The van der Waals surface area contributed by atoms with Gasteiger partial charge >= 0.3 is 0 Å². The number of nitrogens with zero attached hydrogens (tertiary/aromatic N) is 1. The molecule has 0 aromatic heterocycles. The van der Waals surface area contributed by atoms with E-state index in [0.29, 0.717) is 0 Å². The number of hydrogen-bond acceptors (Lipinski definition) is 3. The van der Waals surface area contributed by atoms with Crippen molar-refractivity contribution in [3.63, 3.8) is 0 Å². The Labute approximate surface area is 435 Å². The summed E-state index contributed by atoms with van der Waals surface area (Å²) in [6.07, 6.45) is 0. The zero-order valence-corrected chi connectivity index (χ0v) is 40.7. The molecule has 0 amide bonds. The Hall–Kier alpha value is -9.70. The van der Waals surface area contributed by atoms with Crippen molar-refractivity contribution in [3.05, 3.63) is 317 Å². The third-order valence-corrected chi connectivity index (χ3v) is 16.6. The van der Waals surface area contributed by atoms with Gasteiger partial charge in [0.2, 0.25) is 0 Å². The molecular weight excluding hydrogens is 911 g/mol. The summed E-state index contributed by atoms with van der Waals surface area (Å²) in [4.78, 5) is 2.51. The van der Waals surface area contributed by atoms with Gasteiger partial charge in [0.1, 0.15) is 23.0 Å². The van der Waals surface area contributed by atoms with E-state index in [0.717, 1.165) is 73.3 Å². The SMILES string of the molecule is c1ccc(-c2ccc(-c3ccc(N(c4ccc5c(c4)C4(c6ccccc6Oc6ccccc64)c4ccccc4-5)c4cc5c(c6ccccc46)C4(c6ccccc6Oc6ccccc64)c4ccccc4-5)cc3)cc2)cc1. The van der Waals surface area contributed by atoms with Crippen LogP contribution in [0.4, 0.5) is 17.1 Å². The van der Waals surface area contributed by atoms with Gasteiger partial charge < -0.3 is 14.4 Å². The van der Waals surface area contributed by atoms with Crippen LogP contribution in [0.3, 0.4) is 0 Å². The van der Waals surface area contributed by atoms with Crippen LogP contribution >= 0.6 is 0 Å². The maximum Gasteiger partial charge on any atom is 0.132 e. The summed E-state index contributed by atoms with van der Waals surface area (Å²) in [6.45, 7) is 0. The first kappa shape index (κ1) is 41.9. The highest BCUT2D eigenvalue weighted by Crippen LogP contribution is 2.66. The molecule has 2 aliphatic heterocycles. The number of anilines is 3. The van der Waals surface area contributed by atoms with Gasteiger partial charge in [0, 0.05) is 39.0 Å². The molecule has 350 valence electrons. The number of ether oxygens (including phenoxy) is 2. The predicted octanol–water partition coefficient (Wildman–Crippen LogP) is 18.6. The second-order valence-corrected chi connectivity index (χ2v) is 20.2. The van der Waals surface area contributed by atoms with Crippen LogP contribution in [0.15, 0.2) is 273 Å². The van der Waals surface area contributed by atoms with E-state index in [2.05, 4.69) is 278 Å². The van der Waals surface area contributed by atoms with E-state index >= 15 is 0 Å². The van der Waals surface area contributed by atoms with Crippen molar-refractivity contribution in [2.75, 3.05) is 4.90 Å². The summed E-state index contributed by atoms with van der Waals surface area (Å²) in [5.74, 6) is 3.52. The van der Waals surface area contributed by atoms with Crippen molar-refractivity contribution in [1.82, 2.24) is 0 Å². The molecular formula is C72H45NO2. The van der Waals surface area contributed by atoms with Crippen molar-refractivity contribution in [2.45, 2.75) is 10.8 Å². The molecule has 2 heterocycles. The highest BCUT2D eigenvalue weighted by molar-refractivity contribution is 6.09. The Kier molecular flexibility index (Phi) is 8.88. The second kappa shape index (κ2) is 15.9. The Morgan fingerprint density at radius 1 is 0.253 bits per heavy atom. The van der Waals surface area contributed by atoms with Crippen molar-refractivity contribution >= 4 is 27.8 Å².